The second-order valence-corrected chi connectivity index (χ2v) is 4.09. The van der Waals surface area contributed by atoms with Gasteiger partial charge in [-0.15, -0.1) is 0 Å². The van der Waals surface area contributed by atoms with Crippen LogP contribution in [0, 0.1) is 0 Å². The molecule has 3 heteroatoms. The Morgan fingerprint density at radius 3 is 2.57 bits per heavy atom. The molecular weight excluding hydrogens is 176 g/mol. The van der Waals surface area contributed by atoms with Gasteiger partial charge in [0.15, 0.2) is 0 Å². The summed E-state index contributed by atoms with van der Waals surface area (Å²) in [4.78, 5) is 2.55. The van der Waals surface area contributed by atoms with Crippen LogP contribution in [0.4, 0.5) is 0 Å². The summed E-state index contributed by atoms with van der Waals surface area (Å²) in [6, 6.07) is 0.753. The number of piperidine rings is 1. The van der Waals surface area contributed by atoms with Gasteiger partial charge < -0.3 is 15.3 Å². The molecule has 0 aliphatic carbocycles. The molecule has 1 aliphatic heterocycles. The molecule has 1 rings (SSSR count). The van der Waals surface area contributed by atoms with Crippen LogP contribution in [0.15, 0.2) is 0 Å². The van der Waals surface area contributed by atoms with Crippen molar-refractivity contribution in [2.75, 3.05) is 32.8 Å². The van der Waals surface area contributed by atoms with Crippen LogP contribution in [0.25, 0.3) is 0 Å². The van der Waals surface area contributed by atoms with Gasteiger partial charge in [0, 0.05) is 19.2 Å². The quantitative estimate of drug-likeness (QED) is 0.667. The molecule has 0 atom stereocenters. The van der Waals surface area contributed by atoms with Crippen LogP contribution in [0.5, 0.6) is 0 Å². The summed E-state index contributed by atoms with van der Waals surface area (Å²) in [5, 5.41) is 12.2. The van der Waals surface area contributed by atoms with E-state index in [-0.39, 0.29) is 0 Å². The van der Waals surface area contributed by atoms with Crippen molar-refractivity contribution in [3.63, 3.8) is 0 Å². The number of aliphatic hydroxyl groups is 1. The maximum absolute atomic E-state index is 8.84. The van der Waals surface area contributed by atoms with Crippen LogP contribution < -0.4 is 5.32 Å². The summed E-state index contributed by atoms with van der Waals surface area (Å²) in [5.41, 5.74) is 0. The Morgan fingerprint density at radius 2 is 2.00 bits per heavy atom. The van der Waals surface area contributed by atoms with Crippen LogP contribution in [0.2, 0.25) is 0 Å². The van der Waals surface area contributed by atoms with Gasteiger partial charge in [0.25, 0.3) is 0 Å². The largest absolute Gasteiger partial charge is 0.396 e. The van der Waals surface area contributed by atoms with E-state index >= 15 is 0 Å². The van der Waals surface area contributed by atoms with E-state index in [4.69, 9.17) is 5.11 Å². The lowest BCUT2D eigenvalue weighted by Gasteiger charge is -2.34. The fraction of sp³-hybridized carbons (Fsp3) is 1.00. The third kappa shape index (κ3) is 3.95. The normalized spacial score (nSPS) is 19.1. The first-order chi connectivity index (χ1) is 6.88. The smallest absolute Gasteiger partial charge is 0.0443 e. The zero-order chi connectivity index (χ0) is 10.2. The number of hydrogen-bond donors (Lipinski definition) is 2. The minimum Gasteiger partial charge on any atom is -0.396 e. The van der Waals surface area contributed by atoms with Crippen LogP contribution in [0.1, 0.15) is 32.6 Å². The third-order valence-corrected chi connectivity index (χ3v) is 2.94. The maximum Gasteiger partial charge on any atom is 0.0443 e. The van der Waals surface area contributed by atoms with Crippen molar-refractivity contribution < 1.29 is 5.11 Å². The molecule has 1 saturated heterocycles. The van der Waals surface area contributed by atoms with Crippen LogP contribution in [-0.2, 0) is 0 Å². The fourth-order valence-electron chi connectivity index (χ4n) is 2.21. The minimum atomic E-state index is 0.325. The Morgan fingerprint density at radius 1 is 1.29 bits per heavy atom. The molecule has 0 spiro atoms. The van der Waals surface area contributed by atoms with Crippen molar-refractivity contribution in [3.8, 4) is 0 Å². The molecule has 0 amide bonds. The summed E-state index contributed by atoms with van der Waals surface area (Å²) in [5.74, 6) is 0. The van der Waals surface area contributed by atoms with Gasteiger partial charge in [-0.1, -0.05) is 6.92 Å². The average Bonchev–Trinajstić information content (AvgIpc) is 2.25. The highest BCUT2D eigenvalue weighted by Crippen LogP contribution is 2.12. The second-order valence-electron chi connectivity index (χ2n) is 4.09. The maximum atomic E-state index is 8.84. The summed E-state index contributed by atoms with van der Waals surface area (Å²) in [6.45, 7) is 7.12. The molecule has 0 bridgehead atoms. The topological polar surface area (TPSA) is 35.5 Å². The van der Waals surface area contributed by atoms with E-state index < -0.39 is 0 Å². The van der Waals surface area contributed by atoms with Crippen molar-refractivity contribution in [1.29, 1.82) is 0 Å². The van der Waals surface area contributed by atoms with Crippen molar-refractivity contribution in [1.82, 2.24) is 10.2 Å². The highest BCUT2D eigenvalue weighted by atomic mass is 16.3. The molecular formula is C11H24N2O. The Balaban J connectivity index is 2.30. The first-order valence-electron chi connectivity index (χ1n) is 5.94. The molecule has 14 heavy (non-hydrogen) atoms. The lowest BCUT2D eigenvalue weighted by Crippen LogP contribution is -2.44. The van der Waals surface area contributed by atoms with E-state index in [0.717, 1.165) is 32.1 Å². The molecule has 1 heterocycles. The molecule has 3 nitrogen and oxygen atoms in total. The molecule has 0 radical (unpaired) electrons. The van der Waals surface area contributed by atoms with E-state index in [0.29, 0.717) is 6.61 Å². The van der Waals surface area contributed by atoms with Crippen molar-refractivity contribution in [2.45, 2.75) is 38.6 Å². The standard InChI is InChI=1S/C11H24N2O/c1-2-8-13(9-3-10-14)11-4-6-12-7-5-11/h11-12,14H,2-10H2,1H3. The fourth-order valence-corrected chi connectivity index (χ4v) is 2.21. The van der Waals surface area contributed by atoms with E-state index in [1.165, 1.54) is 25.8 Å². The highest BCUT2D eigenvalue weighted by molar-refractivity contribution is 4.77. The number of aliphatic hydroxyl groups excluding tert-OH is 1. The molecule has 1 fully saturated rings. The minimum absolute atomic E-state index is 0.325. The van der Waals surface area contributed by atoms with E-state index in [1.54, 1.807) is 0 Å². The van der Waals surface area contributed by atoms with Gasteiger partial charge in [-0.05, 0) is 45.3 Å². The molecule has 0 unspecified atom stereocenters. The predicted octanol–water partition coefficient (Wildman–Crippen LogP) is 0.833. The molecule has 0 aromatic carbocycles. The molecule has 84 valence electrons. The van der Waals surface area contributed by atoms with Gasteiger partial charge in [-0.25, -0.2) is 0 Å². The summed E-state index contributed by atoms with van der Waals surface area (Å²) in [7, 11) is 0. The zero-order valence-corrected chi connectivity index (χ0v) is 9.34. The van der Waals surface area contributed by atoms with E-state index in [2.05, 4.69) is 17.1 Å². The van der Waals surface area contributed by atoms with Crippen molar-refractivity contribution in [3.05, 3.63) is 0 Å². The van der Waals surface area contributed by atoms with Crippen LogP contribution in [0.3, 0.4) is 0 Å². The second kappa shape index (κ2) is 7.21. The summed E-state index contributed by atoms with van der Waals surface area (Å²) < 4.78 is 0. The van der Waals surface area contributed by atoms with Crippen LogP contribution in [-0.4, -0.2) is 48.8 Å². The Bertz CT molecular complexity index is 135. The predicted molar refractivity (Wildman–Crippen MR) is 59.5 cm³/mol. The SMILES string of the molecule is CCCN(CCCO)C1CCNCC1. The molecule has 1 aliphatic rings. The van der Waals surface area contributed by atoms with Gasteiger partial charge in [0.2, 0.25) is 0 Å². The van der Waals surface area contributed by atoms with Gasteiger partial charge in [-0.2, -0.15) is 0 Å². The number of hydrogen-bond acceptors (Lipinski definition) is 3. The molecule has 2 N–H and O–H groups in total. The first kappa shape index (κ1) is 12.0. The lowest BCUT2D eigenvalue weighted by atomic mass is 10.0. The zero-order valence-electron chi connectivity index (χ0n) is 9.34. The van der Waals surface area contributed by atoms with E-state index in [9.17, 15) is 0 Å². The number of rotatable bonds is 6. The van der Waals surface area contributed by atoms with Crippen molar-refractivity contribution >= 4 is 0 Å². The molecule has 0 aromatic heterocycles. The Kier molecular flexibility index (Phi) is 6.15. The molecule has 0 aromatic rings. The number of nitrogens with zero attached hydrogens (tertiary/aromatic N) is 1. The Labute approximate surface area is 87.5 Å². The van der Waals surface area contributed by atoms with Gasteiger partial charge >= 0.3 is 0 Å². The third-order valence-electron chi connectivity index (χ3n) is 2.94. The lowest BCUT2D eigenvalue weighted by molar-refractivity contribution is 0.147. The van der Waals surface area contributed by atoms with Gasteiger partial charge in [0.05, 0.1) is 0 Å². The van der Waals surface area contributed by atoms with Crippen molar-refractivity contribution in [2.24, 2.45) is 0 Å². The molecule has 0 saturated carbocycles. The number of nitrogens with one attached hydrogen (secondary N) is 1. The van der Waals surface area contributed by atoms with Gasteiger partial charge in [0.1, 0.15) is 0 Å². The first-order valence-corrected chi connectivity index (χ1v) is 5.94. The summed E-state index contributed by atoms with van der Waals surface area (Å²) >= 11 is 0. The monoisotopic (exact) mass is 200 g/mol. The van der Waals surface area contributed by atoms with E-state index in [1.807, 2.05) is 0 Å². The Hall–Kier alpha value is -0.120. The van der Waals surface area contributed by atoms with Crippen LogP contribution >= 0.6 is 0 Å². The summed E-state index contributed by atoms with van der Waals surface area (Å²) in [6.07, 6.45) is 4.68. The van der Waals surface area contributed by atoms with Gasteiger partial charge in [-0.3, -0.25) is 0 Å². The highest BCUT2D eigenvalue weighted by Gasteiger charge is 2.19. The average molecular weight is 200 g/mol.